The first-order chi connectivity index (χ1) is 13.9. The van der Waals surface area contributed by atoms with E-state index in [4.69, 9.17) is 4.74 Å². The predicted molar refractivity (Wildman–Crippen MR) is 113 cm³/mol. The number of halogens is 1. The van der Waals surface area contributed by atoms with Crippen LogP contribution < -0.4 is 10.2 Å². The Morgan fingerprint density at radius 2 is 1.79 bits per heavy atom. The van der Waals surface area contributed by atoms with Gasteiger partial charge >= 0.3 is 5.97 Å². The minimum Gasteiger partial charge on any atom is -0.507 e. The summed E-state index contributed by atoms with van der Waals surface area (Å²) < 4.78 is 6.24. The van der Waals surface area contributed by atoms with Gasteiger partial charge in [-0.3, -0.25) is 4.79 Å². The Morgan fingerprint density at radius 1 is 1.07 bits per heavy atom. The number of aryl methyl sites for hydroxylation is 1. The number of ether oxygens (including phenoxy) is 1. The second-order valence-electron chi connectivity index (χ2n) is 6.15. The van der Waals surface area contributed by atoms with E-state index in [0.29, 0.717) is 16.9 Å². The minimum atomic E-state index is -0.562. The van der Waals surface area contributed by atoms with Crippen molar-refractivity contribution in [1.82, 2.24) is 5.43 Å². The number of hydrogen-bond donors (Lipinski definition) is 2. The molecule has 0 atom stereocenters. The number of amides is 1. The first-order valence-electron chi connectivity index (χ1n) is 8.64. The number of para-hydroxylation sites is 1. The number of esters is 1. The number of hydrogen-bond acceptors (Lipinski definition) is 5. The topological polar surface area (TPSA) is 88.0 Å². The van der Waals surface area contributed by atoms with Crippen LogP contribution in [0, 0.1) is 6.92 Å². The van der Waals surface area contributed by atoms with Crippen molar-refractivity contribution in [3.05, 3.63) is 93.5 Å². The molecule has 6 nitrogen and oxygen atoms in total. The summed E-state index contributed by atoms with van der Waals surface area (Å²) in [5, 5.41) is 13.6. The summed E-state index contributed by atoms with van der Waals surface area (Å²) in [6, 6.07) is 18.2. The van der Waals surface area contributed by atoms with Crippen LogP contribution in [0.3, 0.4) is 0 Å². The molecule has 0 unspecified atom stereocenters. The molecule has 3 aromatic carbocycles. The van der Waals surface area contributed by atoms with E-state index >= 15 is 0 Å². The zero-order chi connectivity index (χ0) is 20.8. The lowest BCUT2D eigenvalue weighted by molar-refractivity contribution is 0.0734. The van der Waals surface area contributed by atoms with Crippen molar-refractivity contribution >= 4 is 34.0 Å². The quantitative estimate of drug-likeness (QED) is 0.259. The molecular weight excluding hydrogens is 436 g/mol. The maximum Gasteiger partial charge on any atom is 0.343 e. The summed E-state index contributed by atoms with van der Waals surface area (Å²) in [6.45, 7) is 1.93. The number of hydrazone groups is 1. The van der Waals surface area contributed by atoms with Gasteiger partial charge in [0.05, 0.1) is 17.3 Å². The van der Waals surface area contributed by atoms with Gasteiger partial charge in [-0.1, -0.05) is 45.8 Å². The molecule has 7 heteroatoms. The van der Waals surface area contributed by atoms with Crippen molar-refractivity contribution in [3.63, 3.8) is 0 Å². The van der Waals surface area contributed by atoms with E-state index in [2.05, 4.69) is 26.5 Å². The lowest BCUT2D eigenvalue weighted by atomic mass is 10.1. The van der Waals surface area contributed by atoms with Crippen LogP contribution in [-0.2, 0) is 0 Å². The lowest BCUT2D eigenvalue weighted by Crippen LogP contribution is -2.17. The number of carbonyl (C=O) groups excluding carboxylic acids is 2. The first-order valence-corrected chi connectivity index (χ1v) is 9.43. The van der Waals surface area contributed by atoms with Crippen molar-refractivity contribution in [2.45, 2.75) is 6.92 Å². The average Bonchev–Trinajstić information content (AvgIpc) is 2.70. The Kier molecular flexibility index (Phi) is 6.41. The van der Waals surface area contributed by atoms with Gasteiger partial charge < -0.3 is 9.84 Å². The van der Waals surface area contributed by atoms with Crippen LogP contribution in [-0.4, -0.2) is 23.2 Å². The summed E-state index contributed by atoms with van der Waals surface area (Å²) in [7, 11) is 0. The number of rotatable bonds is 5. The van der Waals surface area contributed by atoms with E-state index in [1.807, 2.05) is 19.1 Å². The van der Waals surface area contributed by atoms with Crippen molar-refractivity contribution in [1.29, 1.82) is 0 Å². The number of phenolic OH excluding ortho intramolecular Hbond substituents is 1. The molecule has 0 aliphatic carbocycles. The number of nitrogens with one attached hydrogen (secondary N) is 1. The molecule has 0 fully saturated rings. The summed E-state index contributed by atoms with van der Waals surface area (Å²) in [4.78, 5) is 24.5. The molecule has 146 valence electrons. The highest BCUT2D eigenvalue weighted by molar-refractivity contribution is 9.10. The fourth-order valence-corrected chi connectivity index (χ4v) is 2.83. The summed E-state index contributed by atoms with van der Waals surface area (Å²) in [5.41, 5.74) is 4.39. The molecule has 0 saturated heterocycles. The Bertz CT molecular complexity index is 1080. The van der Waals surface area contributed by atoms with Gasteiger partial charge in [0.2, 0.25) is 0 Å². The van der Waals surface area contributed by atoms with E-state index in [1.165, 1.54) is 18.3 Å². The van der Waals surface area contributed by atoms with Gasteiger partial charge in [0.25, 0.3) is 5.91 Å². The molecule has 3 aromatic rings. The van der Waals surface area contributed by atoms with Crippen LogP contribution in [0.25, 0.3) is 0 Å². The number of aromatic hydroxyl groups is 1. The third-order valence-corrected chi connectivity index (χ3v) is 4.47. The van der Waals surface area contributed by atoms with E-state index in [9.17, 15) is 14.7 Å². The highest BCUT2D eigenvalue weighted by Gasteiger charge is 2.12. The van der Waals surface area contributed by atoms with Gasteiger partial charge in [-0.2, -0.15) is 5.10 Å². The van der Waals surface area contributed by atoms with Gasteiger partial charge in [0.1, 0.15) is 11.5 Å². The van der Waals surface area contributed by atoms with Crippen LogP contribution >= 0.6 is 15.9 Å². The highest BCUT2D eigenvalue weighted by Crippen LogP contribution is 2.23. The van der Waals surface area contributed by atoms with Crippen molar-refractivity contribution in [3.8, 4) is 11.5 Å². The molecule has 0 aliphatic heterocycles. The third-order valence-electron chi connectivity index (χ3n) is 3.98. The second-order valence-corrected chi connectivity index (χ2v) is 7.07. The summed E-state index contributed by atoms with van der Waals surface area (Å²) in [5.74, 6) is -0.914. The molecule has 1 amide bonds. The zero-order valence-corrected chi connectivity index (χ0v) is 17.0. The van der Waals surface area contributed by atoms with Crippen LogP contribution in [0.1, 0.15) is 31.8 Å². The summed E-state index contributed by atoms with van der Waals surface area (Å²) in [6.07, 6.45) is 1.36. The normalized spacial score (nSPS) is 10.7. The number of phenols is 1. The Morgan fingerprint density at radius 3 is 2.52 bits per heavy atom. The molecule has 0 bridgehead atoms. The van der Waals surface area contributed by atoms with Crippen LogP contribution in [0.5, 0.6) is 11.5 Å². The fourth-order valence-electron chi connectivity index (χ4n) is 2.45. The van der Waals surface area contributed by atoms with Crippen LogP contribution in [0.15, 0.2) is 76.3 Å². The second kappa shape index (κ2) is 9.16. The SMILES string of the molecule is Cc1ccc(C(=O)Oc2ccc(Br)cc2/C=N\NC(=O)c2ccccc2O)cc1. The zero-order valence-electron chi connectivity index (χ0n) is 15.4. The molecular formula is C22H17BrN2O4. The number of nitrogens with zero attached hydrogens (tertiary/aromatic N) is 1. The Labute approximate surface area is 176 Å². The van der Waals surface area contributed by atoms with Gasteiger partial charge in [-0.25, -0.2) is 10.2 Å². The standard InChI is InChI=1S/C22H17BrN2O4/c1-14-6-8-15(9-7-14)22(28)29-20-11-10-17(23)12-16(20)13-24-25-21(27)18-4-2-3-5-19(18)26/h2-13,26H,1H3,(H,25,27)/b24-13-. The Balaban J connectivity index is 1.75. The smallest absolute Gasteiger partial charge is 0.343 e. The monoisotopic (exact) mass is 452 g/mol. The van der Waals surface area contributed by atoms with E-state index in [0.717, 1.165) is 10.0 Å². The third kappa shape index (κ3) is 5.30. The average molecular weight is 453 g/mol. The lowest BCUT2D eigenvalue weighted by Gasteiger charge is -2.08. The van der Waals surface area contributed by atoms with Crippen molar-refractivity contribution in [2.75, 3.05) is 0 Å². The molecule has 29 heavy (non-hydrogen) atoms. The van der Waals surface area contributed by atoms with E-state index < -0.39 is 11.9 Å². The fraction of sp³-hybridized carbons (Fsp3) is 0.0455. The van der Waals surface area contributed by atoms with E-state index in [-0.39, 0.29) is 11.3 Å². The molecule has 3 rings (SSSR count). The highest BCUT2D eigenvalue weighted by atomic mass is 79.9. The van der Waals surface area contributed by atoms with Gasteiger partial charge in [0, 0.05) is 10.0 Å². The number of benzene rings is 3. The first kappa shape index (κ1) is 20.3. The molecule has 0 spiro atoms. The van der Waals surface area contributed by atoms with E-state index in [1.54, 1.807) is 42.5 Å². The van der Waals surface area contributed by atoms with Gasteiger partial charge in [-0.05, 0) is 49.4 Å². The molecule has 2 N–H and O–H groups in total. The number of carbonyl (C=O) groups is 2. The minimum absolute atomic E-state index is 0.102. The molecule has 0 aliphatic rings. The van der Waals surface area contributed by atoms with Crippen molar-refractivity contribution < 1.29 is 19.4 Å². The molecule has 0 radical (unpaired) electrons. The molecule has 0 heterocycles. The molecule has 0 aromatic heterocycles. The van der Waals surface area contributed by atoms with Crippen molar-refractivity contribution in [2.24, 2.45) is 5.10 Å². The van der Waals surface area contributed by atoms with Gasteiger partial charge in [0.15, 0.2) is 0 Å². The summed E-state index contributed by atoms with van der Waals surface area (Å²) >= 11 is 3.36. The van der Waals surface area contributed by atoms with Crippen LogP contribution in [0.2, 0.25) is 0 Å². The van der Waals surface area contributed by atoms with Crippen LogP contribution in [0.4, 0.5) is 0 Å². The maximum absolute atomic E-state index is 12.4. The predicted octanol–water partition coefficient (Wildman–Crippen LogP) is 4.45. The largest absolute Gasteiger partial charge is 0.507 e. The molecule has 0 saturated carbocycles. The Hall–Kier alpha value is -3.45. The maximum atomic E-state index is 12.4. The van der Waals surface area contributed by atoms with Gasteiger partial charge in [-0.15, -0.1) is 0 Å².